The number of carbonyl (C=O) groups excluding carboxylic acids is 1. The van der Waals surface area contributed by atoms with Crippen LogP contribution in [-0.2, 0) is 11.0 Å². The smallest absolute Gasteiger partial charge is 0.342 e. The van der Waals surface area contributed by atoms with Crippen LogP contribution in [0.15, 0.2) is 29.3 Å². The molecule has 1 amide bonds. The van der Waals surface area contributed by atoms with Gasteiger partial charge in [0.15, 0.2) is 0 Å². The summed E-state index contributed by atoms with van der Waals surface area (Å²) in [6, 6.07) is 0.957. The molecule has 10 heteroatoms. The number of amides is 1. The van der Waals surface area contributed by atoms with Gasteiger partial charge in [0.25, 0.3) is 5.71 Å². The normalized spacial score (nSPS) is 18.7. The number of hydrogen-bond donors (Lipinski definition) is 0. The molecule has 0 unspecified atom stereocenters. The van der Waals surface area contributed by atoms with Gasteiger partial charge < -0.3 is 14.0 Å². The number of aryl methyl sites for hydroxylation is 1. The van der Waals surface area contributed by atoms with E-state index >= 15 is 0 Å². The molecular weight excluding hydrogens is 399 g/mol. The third-order valence-electron chi connectivity index (χ3n) is 5.57. The highest BCUT2D eigenvalue weighted by Gasteiger charge is 2.38. The van der Waals surface area contributed by atoms with Crippen molar-refractivity contribution in [1.82, 2.24) is 24.6 Å². The van der Waals surface area contributed by atoms with Gasteiger partial charge in [-0.15, -0.1) is 0 Å². The second kappa shape index (κ2) is 7.73. The number of pyridine rings is 1. The van der Waals surface area contributed by atoms with E-state index in [4.69, 9.17) is 4.52 Å². The summed E-state index contributed by atoms with van der Waals surface area (Å²) in [4.78, 5) is 22.6. The number of aromatic nitrogens is 4. The third-order valence-corrected chi connectivity index (χ3v) is 5.57. The molecule has 0 radical (unpaired) electrons. The Hall–Kier alpha value is -2.91. The van der Waals surface area contributed by atoms with Gasteiger partial charge in [0, 0.05) is 49.6 Å². The van der Waals surface area contributed by atoms with Gasteiger partial charge >= 0.3 is 6.18 Å². The fourth-order valence-electron chi connectivity index (χ4n) is 4.04. The first-order valence-electron chi connectivity index (χ1n) is 9.83. The Balaban J connectivity index is 1.58. The minimum absolute atomic E-state index is 0.0429. The quantitative estimate of drug-likeness (QED) is 0.634. The van der Waals surface area contributed by atoms with Crippen LogP contribution < -0.4 is 0 Å². The molecule has 1 fully saturated rings. The molecule has 30 heavy (non-hydrogen) atoms. The van der Waals surface area contributed by atoms with Gasteiger partial charge in [-0.3, -0.25) is 4.79 Å². The molecule has 0 aromatic carbocycles. The summed E-state index contributed by atoms with van der Waals surface area (Å²) in [5.74, 6) is -0.378. The number of rotatable bonds is 4. The number of piperidine rings is 1. The lowest BCUT2D eigenvalue weighted by Gasteiger charge is -2.33. The Morgan fingerprint density at radius 3 is 2.90 bits per heavy atom. The SMILES string of the molecule is Cc1cc(C(F)(F)F)c2c([C@@H]3CCCN(C(=O)C[C@@H](C)n4ccnc4)C3)noc2n1. The zero-order valence-electron chi connectivity index (χ0n) is 16.7. The van der Waals surface area contributed by atoms with E-state index in [0.717, 1.165) is 6.07 Å². The van der Waals surface area contributed by atoms with E-state index in [1.54, 1.807) is 23.6 Å². The molecule has 0 bridgehead atoms. The predicted octanol–water partition coefficient (Wildman–Crippen LogP) is 4.10. The van der Waals surface area contributed by atoms with Gasteiger partial charge in [-0.1, -0.05) is 5.16 Å². The Bertz CT molecular complexity index is 1040. The number of likely N-dealkylation sites (tertiary alicyclic amines) is 1. The van der Waals surface area contributed by atoms with Crippen LogP contribution in [0.5, 0.6) is 0 Å². The lowest BCUT2D eigenvalue weighted by molar-refractivity contribution is -0.136. The number of carbonyl (C=O) groups is 1. The van der Waals surface area contributed by atoms with E-state index in [9.17, 15) is 18.0 Å². The lowest BCUT2D eigenvalue weighted by atomic mass is 9.91. The third kappa shape index (κ3) is 3.90. The van der Waals surface area contributed by atoms with Gasteiger partial charge in [-0.2, -0.15) is 13.2 Å². The van der Waals surface area contributed by atoms with Crippen molar-refractivity contribution in [3.8, 4) is 0 Å². The molecule has 3 aromatic rings. The van der Waals surface area contributed by atoms with Crippen LogP contribution >= 0.6 is 0 Å². The second-order valence-corrected chi connectivity index (χ2v) is 7.80. The molecule has 4 rings (SSSR count). The maximum atomic E-state index is 13.6. The highest BCUT2D eigenvalue weighted by molar-refractivity contribution is 5.82. The van der Waals surface area contributed by atoms with Crippen LogP contribution in [0, 0.1) is 6.92 Å². The largest absolute Gasteiger partial charge is 0.417 e. The Kier molecular flexibility index (Phi) is 5.25. The van der Waals surface area contributed by atoms with E-state index in [0.29, 0.717) is 25.9 Å². The van der Waals surface area contributed by atoms with Gasteiger partial charge in [0.2, 0.25) is 5.91 Å². The molecule has 2 atom stereocenters. The fourth-order valence-corrected chi connectivity index (χ4v) is 4.04. The molecule has 1 aliphatic heterocycles. The Morgan fingerprint density at radius 1 is 1.40 bits per heavy atom. The summed E-state index contributed by atoms with van der Waals surface area (Å²) < 4.78 is 47.9. The van der Waals surface area contributed by atoms with Crippen molar-refractivity contribution >= 4 is 17.0 Å². The van der Waals surface area contributed by atoms with Crippen molar-refractivity contribution in [2.75, 3.05) is 13.1 Å². The van der Waals surface area contributed by atoms with Crippen LogP contribution in [0.4, 0.5) is 13.2 Å². The number of imidazole rings is 1. The van der Waals surface area contributed by atoms with Crippen LogP contribution in [-0.4, -0.2) is 43.6 Å². The van der Waals surface area contributed by atoms with Crippen molar-refractivity contribution in [3.63, 3.8) is 0 Å². The lowest BCUT2D eigenvalue weighted by Crippen LogP contribution is -2.40. The van der Waals surface area contributed by atoms with E-state index in [-0.39, 0.29) is 46.8 Å². The number of nitrogens with zero attached hydrogens (tertiary/aromatic N) is 5. The first-order chi connectivity index (χ1) is 14.2. The molecule has 0 aliphatic carbocycles. The summed E-state index contributed by atoms with van der Waals surface area (Å²) in [6.07, 6.45) is 2.17. The first kappa shape index (κ1) is 20.4. The number of fused-ring (bicyclic) bond motifs is 1. The molecule has 160 valence electrons. The molecule has 4 heterocycles. The monoisotopic (exact) mass is 421 g/mol. The van der Waals surface area contributed by atoms with E-state index in [1.165, 1.54) is 6.92 Å². The van der Waals surface area contributed by atoms with Gasteiger partial charge in [0.05, 0.1) is 23.0 Å². The zero-order chi connectivity index (χ0) is 21.5. The highest BCUT2D eigenvalue weighted by Crippen LogP contribution is 2.40. The zero-order valence-corrected chi connectivity index (χ0v) is 16.7. The molecule has 3 aromatic heterocycles. The van der Waals surface area contributed by atoms with Gasteiger partial charge in [0.1, 0.15) is 0 Å². The minimum atomic E-state index is -4.54. The van der Waals surface area contributed by atoms with E-state index in [1.807, 2.05) is 11.5 Å². The summed E-state index contributed by atoms with van der Waals surface area (Å²) in [6.45, 7) is 4.29. The highest BCUT2D eigenvalue weighted by atomic mass is 19.4. The van der Waals surface area contributed by atoms with Crippen LogP contribution in [0.2, 0.25) is 0 Å². The number of halogens is 3. The van der Waals surface area contributed by atoms with Crippen molar-refractivity contribution in [2.24, 2.45) is 0 Å². The minimum Gasteiger partial charge on any atom is -0.342 e. The Labute approximate surface area is 170 Å². The maximum absolute atomic E-state index is 13.6. The molecule has 0 saturated carbocycles. The van der Waals surface area contributed by atoms with E-state index in [2.05, 4.69) is 15.1 Å². The summed E-state index contributed by atoms with van der Waals surface area (Å²) in [5, 5.41) is 3.84. The van der Waals surface area contributed by atoms with Crippen molar-refractivity contribution < 1.29 is 22.5 Å². The average molecular weight is 421 g/mol. The van der Waals surface area contributed by atoms with Crippen LogP contribution in [0.1, 0.15) is 55.1 Å². The molecular formula is C20H22F3N5O2. The summed E-state index contributed by atoms with van der Waals surface area (Å²) in [5.41, 5.74) is -0.468. The fraction of sp³-hybridized carbons (Fsp3) is 0.500. The summed E-state index contributed by atoms with van der Waals surface area (Å²) >= 11 is 0. The molecule has 0 N–H and O–H groups in total. The van der Waals surface area contributed by atoms with E-state index < -0.39 is 11.7 Å². The van der Waals surface area contributed by atoms with Crippen molar-refractivity contribution in [1.29, 1.82) is 0 Å². The van der Waals surface area contributed by atoms with Crippen molar-refractivity contribution in [3.05, 3.63) is 41.7 Å². The van der Waals surface area contributed by atoms with Gasteiger partial charge in [-0.25, -0.2) is 9.97 Å². The molecule has 1 saturated heterocycles. The molecule has 7 nitrogen and oxygen atoms in total. The van der Waals surface area contributed by atoms with Crippen LogP contribution in [0.25, 0.3) is 11.1 Å². The van der Waals surface area contributed by atoms with Crippen molar-refractivity contribution in [2.45, 2.75) is 51.2 Å². The van der Waals surface area contributed by atoms with Crippen LogP contribution in [0.3, 0.4) is 0 Å². The molecule has 0 spiro atoms. The Morgan fingerprint density at radius 2 is 2.20 bits per heavy atom. The number of alkyl halides is 3. The van der Waals surface area contributed by atoms with Gasteiger partial charge in [-0.05, 0) is 32.8 Å². The average Bonchev–Trinajstić information content (AvgIpc) is 3.36. The maximum Gasteiger partial charge on any atom is 0.417 e. The topological polar surface area (TPSA) is 77.0 Å². The number of hydrogen-bond acceptors (Lipinski definition) is 5. The molecule has 1 aliphatic rings. The predicted molar refractivity (Wildman–Crippen MR) is 102 cm³/mol. The standard InChI is InChI=1S/C20H22F3N5O2/c1-12-8-15(20(21,22)23)17-18(26-30-19(17)25-12)14-4-3-6-27(10-14)16(29)9-13(2)28-7-5-24-11-28/h5,7-8,11,13-14H,3-4,6,9-10H2,1-2H3/t13-,14-/m1/s1. The second-order valence-electron chi connectivity index (χ2n) is 7.80. The first-order valence-corrected chi connectivity index (χ1v) is 9.83. The summed E-state index contributed by atoms with van der Waals surface area (Å²) in [7, 11) is 0.